The van der Waals surface area contributed by atoms with Crippen molar-refractivity contribution in [3.63, 3.8) is 0 Å². The van der Waals surface area contributed by atoms with E-state index < -0.39 is 0 Å². The van der Waals surface area contributed by atoms with Crippen molar-refractivity contribution in [2.75, 3.05) is 11.9 Å². The van der Waals surface area contributed by atoms with E-state index in [0.717, 1.165) is 5.56 Å². The first-order valence-electron chi connectivity index (χ1n) is 5.72. The summed E-state index contributed by atoms with van der Waals surface area (Å²) in [5.41, 5.74) is 1.32. The van der Waals surface area contributed by atoms with Crippen LogP contribution in [0, 0.1) is 11.3 Å². The highest BCUT2D eigenvalue weighted by molar-refractivity contribution is 5.93. The molecule has 0 aliphatic carbocycles. The minimum Gasteiger partial charge on any atom is -0.300 e. The first-order chi connectivity index (χ1) is 9.20. The first-order valence-corrected chi connectivity index (χ1v) is 5.72. The van der Waals surface area contributed by atoms with Crippen LogP contribution in [0.4, 0.5) is 5.82 Å². The smallest absolute Gasteiger partial charge is 0.232 e. The van der Waals surface area contributed by atoms with E-state index in [1.807, 2.05) is 12.1 Å². The summed E-state index contributed by atoms with van der Waals surface area (Å²) in [6, 6.07) is 8.92. The minimum atomic E-state index is -0.0785. The number of rotatable bonds is 3. The highest BCUT2D eigenvalue weighted by Crippen LogP contribution is 2.11. The quantitative estimate of drug-likeness (QED) is 0.831. The van der Waals surface area contributed by atoms with Crippen LogP contribution in [0.1, 0.15) is 11.1 Å². The predicted molar refractivity (Wildman–Crippen MR) is 70.3 cm³/mol. The van der Waals surface area contributed by atoms with Crippen molar-refractivity contribution in [3.8, 4) is 6.07 Å². The molecule has 1 amide bonds. The molecule has 5 heteroatoms. The van der Waals surface area contributed by atoms with Gasteiger partial charge in [0.05, 0.1) is 12.0 Å². The third kappa shape index (κ3) is 3.13. The second-order valence-electron chi connectivity index (χ2n) is 4.01. The van der Waals surface area contributed by atoms with Crippen LogP contribution in [0.25, 0.3) is 0 Å². The molecular formula is C14H12N4O. The van der Waals surface area contributed by atoms with E-state index in [2.05, 4.69) is 9.97 Å². The lowest BCUT2D eigenvalue weighted by Gasteiger charge is -2.15. The number of likely N-dealkylation sites (N-methyl/N-ethyl adjacent to an activating group) is 1. The van der Waals surface area contributed by atoms with E-state index in [-0.39, 0.29) is 12.3 Å². The Bertz CT molecular complexity index is 602. The fraction of sp³-hybridized carbons (Fsp3) is 0.143. The summed E-state index contributed by atoms with van der Waals surface area (Å²) in [6.07, 6.45) is 5.05. The number of hydrogen-bond donors (Lipinski definition) is 0. The van der Waals surface area contributed by atoms with Gasteiger partial charge in [0, 0.05) is 25.6 Å². The average molecular weight is 252 g/mol. The first kappa shape index (κ1) is 12.7. The molecule has 0 N–H and O–H groups in total. The zero-order valence-electron chi connectivity index (χ0n) is 10.4. The summed E-state index contributed by atoms with van der Waals surface area (Å²) >= 11 is 0. The molecule has 94 valence electrons. The van der Waals surface area contributed by atoms with Crippen LogP contribution in [0.3, 0.4) is 0 Å². The lowest BCUT2D eigenvalue weighted by atomic mass is 10.2. The van der Waals surface area contributed by atoms with Crippen molar-refractivity contribution in [2.45, 2.75) is 6.42 Å². The Hall–Kier alpha value is -2.74. The van der Waals surface area contributed by atoms with E-state index in [1.54, 1.807) is 37.6 Å². The van der Waals surface area contributed by atoms with Crippen LogP contribution in [0.15, 0.2) is 42.9 Å². The monoisotopic (exact) mass is 252 g/mol. The molecule has 19 heavy (non-hydrogen) atoms. The maximum atomic E-state index is 12.1. The van der Waals surface area contributed by atoms with Gasteiger partial charge >= 0.3 is 0 Å². The number of anilines is 1. The van der Waals surface area contributed by atoms with Crippen LogP contribution in [-0.2, 0) is 11.2 Å². The van der Waals surface area contributed by atoms with E-state index >= 15 is 0 Å². The topological polar surface area (TPSA) is 69.9 Å². The van der Waals surface area contributed by atoms with Crippen molar-refractivity contribution < 1.29 is 4.79 Å². The van der Waals surface area contributed by atoms with Gasteiger partial charge in [-0.25, -0.2) is 4.98 Å². The van der Waals surface area contributed by atoms with Crippen molar-refractivity contribution in [2.24, 2.45) is 0 Å². The fourth-order valence-corrected chi connectivity index (χ4v) is 1.57. The average Bonchev–Trinajstić information content (AvgIpc) is 2.47. The number of carbonyl (C=O) groups is 1. The van der Waals surface area contributed by atoms with E-state index in [0.29, 0.717) is 11.4 Å². The molecule has 0 aliphatic heterocycles. The Morgan fingerprint density at radius 1 is 1.37 bits per heavy atom. The van der Waals surface area contributed by atoms with Gasteiger partial charge < -0.3 is 0 Å². The summed E-state index contributed by atoms with van der Waals surface area (Å²) in [5.74, 6) is 0.443. The lowest BCUT2D eigenvalue weighted by Crippen LogP contribution is -2.28. The second kappa shape index (κ2) is 5.74. The molecule has 2 aromatic rings. The zero-order chi connectivity index (χ0) is 13.7. The standard InChI is InChI=1S/C14H12N4O/c1-18(13-5-4-12(8-15)10-17-13)14(19)7-11-3-2-6-16-9-11/h2-6,9-10H,7H2,1H3. The number of pyridine rings is 2. The molecule has 0 spiro atoms. The number of aromatic nitrogens is 2. The Morgan fingerprint density at radius 3 is 2.79 bits per heavy atom. The van der Waals surface area contributed by atoms with Crippen molar-refractivity contribution in [1.82, 2.24) is 9.97 Å². The summed E-state index contributed by atoms with van der Waals surface area (Å²) in [5, 5.41) is 8.69. The van der Waals surface area contributed by atoms with Gasteiger partial charge in [-0.2, -0.15) is 5.26 Å². The largest absolute Gasteiger partial charge is 0.300 e. The Labute approximate surface area is 111 Å². The minimum absolute atomic E-state index is 0.0785. The molecule has 2 heterocycles. The van der Waals surface area contributed by atoms with Crippen molar-refractivity contribution >= 4 is 11.7 Å². The van der Waals surface area contributed by atoms with E-state index in [1.165, 1.54) is 11.1 Å². The normalized spacial score (nSPS) is 9.68. The van der Waals surface area contributed by atoms with Crippen molar-refractivity contribution in [3.05, 3.63) is 54.0 Å². The number of nitriles is 1. The molecule has 0 unspecified atom stereocenters. The third-order valence-electron chi connectivity index (χ3n) is 2.67. The maximum absolute atomic E-state index is 12.1. The fourth-order valence-electron chi connectivity index (χ4n) is 1.57. The van der Waals surface area contributed by atoms with Gasteiger partial charge in [0.2, 0.25) is 5.91 Å². The van der Waals surface area contributed by atoms with Gasteiger partial charge in [0.1, 0.15) is 11.9 Å². The number of nitrogens with zero attached hydrogens (tertiary/aromatic N) is 4. The summed E-state index contributed by atoms with van der Waals surface area (Å²) in [4.78, 5) is 21.6. The highest BCUT2D eigenvalue weighted by atomic mass is 16.2. The lowest BCUT2D eigenvalue weighted by molar-refractivity contribution is -0.117. The predicted octanol–water partition coefficient (Wildman–Crippen LogP) is 1.55. The summed E-state index contributed by atoms with van der Waals surface area (Å²) < 4.78 is 0. The second-order valence-corrected chi connectivity index (χ2v) is 4.01. The molecule has 0 aliphatic rings. The summed E-state index contributed by atoms with van der Waals surface area (Å²) in [6.45, 7) is 0. The molecule has 0 saturated heterocycles. The van der Waals surface area contributed by atoms with Gasteiger partial charge in [0.15, 0.2) is 0 Å². The number of amides is 1. The van der Waals surface area contributed by atoms with Crippen LogP contribution in [0.2, 0.25) is 0 Å². The molecule has 2 rings (SSSR count). The highest BCUT2D eigenvalue weighted by Gasteiger charge is 2.12. The van der Waals surface area contributed by atoms with Crippen molar-refractivity contribution in [1.29, 1.82) is 5.26 Å². The maximum Gasteiger partial charge on any atom is 0.232 e. The molecule has 0 bridgehead atoms. The van der Waals surface area contributed by atoms with Gasteiger partial charge in [-0.3, -0.25) is 14.7 Å². The molecule has 0 atom stereocenters. The van der Waals surface area contributed by atoms with Crippen LogP contribution in [0.5, 0.6) is 0 Å². The SMILES string of the molecule is CN(C(=O)Cc1cccnc1)c1ccc(C#N)cn1. The number of carbonyl (C=O) groups excluding carboxylic acids is 1. The number of hydrogen-bond acceptors (Lipinski definition) is 4. The Kier molecular flexibility index (Phi) is 3.84. The molecular weight excluding hydrogens is 240 g/mol. The molecule has 0 saturated carbocycles. The molecule has 0 fully saturated rings. The van der Waals surface area contributed by atoms with Gasteiger partial charge in [-0.15, -0.1) is 0 Å². The van der Waals surface area contributed by atoms with Crippen LogP contribution >= 0.6 is 0 Å². The van der Waals surface area contributed by atoms with E-state index in [9.17, 15) is 4.79 Å². The molecule has 2 aromatic heterocycles. The summed E-state index contributed by atoms with van der Waals surface area (Å²) in [7, 11) is 1.66. The van der Waals surface area contributed by atoms with E-state index in [4.69, 9.17) is 5.26 Å². The molecule has 0 radical (unpaired) electrons. The van der Waals surface area contributed by atoms with Crippen LogP contribution in [-0.4, -0.2) is 22.9 Å². The van der Waals surface area contributed by atoms with Gasteiger partial charge in [-0.05, 0) is 23.8 Å². The molecule has 5 nitrogen and oxygen atoms in total. The van der Waals surface area contributed by atoms with Crippen LogP contribution < -0.4 is 4.90 Å². The van der Waals surface area contributed by atoms with Gasteiger partial charge in [0.25, 0.3) is 0 Å². The Balaban J connectivity index is 2.08. The zero-order valence-corrected chi connectivity index (χ0v) is 10.4. The third-order valence-corrected chi connectivity index (χ3v) is 2.67. The molecule has 0 aromatic carbocycles. The Morgan fingerprint density at radius 2 is 2.21 bits per heavy atom. The van der Waals surface area contributed by atoms with Gasteiger partial charge in [-0.1, -0.05) is 6.07 Å².